The second kappa shape index (κ2) is 12.1. The number of phenols is 1. The van der Waals surface area contributed by atoms with Crippen LogP contribution in [0.25, 0.3) is 10.9 Å². The van der Waals surface area contributed by atoms with Crippen LogP contribution in [0.5, 0.6) is 5.75 Å². The van der Waals surface area contributed by atoms with Crippen LogP contribution in [0, 0.1) is 10.1 Å². The molecule has 0 atom stereocenters. The fourth-order valence-corrected chi connectivity index (χ4v) is 4.51. The molecule has 4 aromatic rings. The maximum Gasteiger partial charge on any atom is 0.269 e. The molecule has 0 aliphatic heterocycles. The standard InChI is InChI=1S/C29H30ClN5O4/c1-4-33(5-2)18-21-16-23(9-13-28(21)36)31-26-14-15-34(27-17-22(30)8-12-25(26)27)19-32(3)29(37)20-6-10-24(11-7-20)35(38)39/h6-17,36H,4-5,18-19H2,1-3H3. The van der Waals surface area contributed by atoms with Gasteiger partial charge in [0, 0.05) is 53.5 Å². The summed E-state index contributed by atoms with van der Waals surface area (Å²) < 4.78 is 1.89. The molecule has 4 rings (SSSR count). The van der Waals surface area contributed by atoms with Crippen LogP contribution in [0.1, 0.15) is 29.8 Å². The maximum atomic E-state index is 13.0. The SMILES string of the molecule is CCN(CC)Cc1cc(N=c2ccn(CN(C)C(=O)c3ccc([N+](=O)[O-])cc3)c3cc(Cl)ccc23)ccc1O. The van der Waals surface area contributed by atoms with Crippen molar-refractivity contribution in [3.05, 3.63) is 105 Å². The van der Waals surface area contributed by atoms with E-state index < -0.39 is 4.92 Å². The predicted molar refractivity (Wildman–Crippen MR) is 152 cm³/mol. The minimum atomic E-state index is -0.500. The van der Waals surface area contributed by atoms with Gasteiger partial charge in [-0.2, -0.15) is 0 Å². The third-order valence-corrected chi connectivity index (χ3v) is 6.83. The fraction of sp³-hybridized carbons (Fsp3) is 0.241. The molecule has 1 aromatic heterocycles. The zero-order chi connectivity index (χ0) is 28.1. The number of pyridine rings is 1. The Kier molecular flexibility index (Phi) is 8.63. The number of amides is 1. The number of nitro groups is 1. The highest BCUT2D eigenvalue weighted by Gasteiger charge is 2.15. The molecular formula is C29H30ClN5O4. The first-order valence-corrected chi connectivity index (χ1v) is 13.0. The van der Waals surface area contributed by atoms with Crippen LogP contribution in [-0.4, -0.2) is 50.4 Å². The molecule has 0 spiro atoms. The van der Waals surface area contributed by atoms with Crippen LogP contribution in [0.2, 0.25) is 5.02 Å². The zero-order valence-electron chi connectivity index (χ0n) is 22.0. The van der Waals surface area contributed by atoms with Gasteiger partial charge in [0.1, 0.15) is 5.75 Å². The van der Waals surface area contributed by atoms with Crippen LogP contribution in [0.15, 0.2) is 77.9 Å². The molecule has 0 radical (unpaired) electrons. The van der Waals surface area contributed by atoms with Gasteiger partial charge in [0.25, 0.3) is 11.6 Å². The average molecular weight is 548 g/mol. The Labute approximate surface area is 231 Å². The summed E-state index contributed by atoms with van der Waals surface area (Å²) >= 11 is 6.34. The minimum Gasteiger partial charge on any atom is -0.508 e. The van der Waals surface area contributed by atoms with Crippen LogP contribution in [0.4, 0.5) is 11.4 Å². The first-order valence-electron chi connectivity index (χ1n) is 12.6. The van der Waals surface area contributed by atoms with E-state index in [-0.39, 0.29) is 24.0 Å². The fourth-order valence-electron chi connectivity index (χ4n) is 4.34. The van der Waals surface area contributed by atoms with Gasteiger partial charge in [-0.05, 0) is 67.7 Å². The molecule has 3 aromatic carbocycles. The van der Waals surface area contributed by atoms with Crippen molar-refractivity contribution in [2.45, 2.75) is 27.1 Å². The first-order chi connectivity index (χ1) is 18.7. The lowest BCUT2D eigenvalue weighted by Gasteiger charge is -2.21. The molecule has 0 unspecified atom stereocenters. The van der Waals surface area contributed by atoms with Crippen molar-refractivity contribution in [3.8, 4) is 5.75 Å². The van der Waals surface area contributed by atoms with E-state index in [0.717, 1.165) is 40.6 Å². The van der Waals surface area contributed by atoms with Crippen molar-refractivity contribution >= 4 is 39.8 Å². The summed E-state index contributed by atoms with van der Waals surface area (Å²) in [6.07, 6.45) is 1.84. The van der Waals surface area contributed by atoms with Gasteiger partial charge in [-0.15, -0.1) is 0 Å². The highest BCUT2D eigenvalue weighted by atomic mass is 35.5. The van der Waals surface area contributed by atoms with E-state index in [9.17, 15) is 20.0 Å². The third-order valence-electron chi connectivity index (χ3n) is 6.59. The van der Waals surface area contributed by atoms with E-state index in [1.807, 2.05) is 35.0 Å². The van der Waals surface area contributed by atoms with Gasteiger partial charge in [0.05, 0.1) is 28.2 Å². The summed E-state index contributed by atoms with van der Waals surface area (Å²) in [6.45, 7) is 6.78. The number of carbonyl (C=O) groups excluding carboxylic acids is 1. The number of nitro benzene ring substituents is 1. The van der Waals surface area contributed by atoms with E-state index in [4.69, 9.17) is 16.6 Å². The normalized spacial score (nSPS) is 11.8. The summed E-state index contributed by atoms with van der Waals surface area (Å²) in [7, 11) is 1.67. The summed E-state index contributed by atoms with van der Waals surface area (Å²) in [6, 6.07) is 18.2. The van der Waals surface area contributed by atoms with Crippen molar-refractivity contribution in [2.24, 2.45) is 4.99 Å². The van der Waals surface area contributed by atoms with Crippen molar-refractivity contribution in [3.63, 3.8) is 0 Å². The Morgan fingerprint density at radius 3 is 2.44 bits per heavy atom. The number of carbonyl (C=O) groups is 1. The number of aromatic nitrogens is 1. The quantitative estimate of drug-likeness (QED) is 0.213. The lowest BCUT2D eigenvalue weighted by atomic mass is 10.1. The topological polar surface area (TPSA) is 104 Å². The van der Waals surface area contributed by atoms with Gasteiger partial charge >= 0.3 is 0 Å². The van der Waals surface area contributed by atoms with Crippen molar-refractivity contribution < 1.29 is 14.8 Å². The van der Waals surface area contributed by atoms with Gasteiger partial charge in [-0.1, -0.05) is 25.4 Å². The highest BCUT2D eigenvalue weighted by molar-refractivity contribution is 6.31. The van der Waals surface area contributed by atoms with E-state index in [1.165, 1.54) is 29.2 Å². The first kappa shape index (κ1) is 27.8. The molecule has 0 saturated carbocycles. The summed E-state index contributed by atoms with van der Waals surface area (Å²) in [5.74, 6) is -0.0321. The molecule has 10 heteroatoms. The molecule has 0 aliphatic rings. The molecule has 39 heavy (non-hydrogen) atoms. The van der Waals surface area contributed by atoms with Gasteiger partial charge in [-0.25, -0.2) is 4.99 Å². The van der Waals surface area contributed by atoms with Crippen molar-refractivity contribution in [2.75, 3.05) is 20.1 Å². The average Bonchev–Trinajstić information content (AvgIpc) is 2.94. The van der Waals surface area contributed by atoms with E-state index in [1.54, 1.807) is 25.2 Å². The van der Waals surface area contributed by atoms with Gasteiger partial charge in [-0.3, -0.25) is 19.8 Å². The number of phenolic OH excluding ortho intramolecular Hbond substituents is 1. The van der Waals surface area contributed by atoms with Crippen LogP contribution in [-0.2, 0) is 13.2 Å². The van der Waals surface area contributed by atoms with Crippen LogP contribution >= 0.6 is 11.6 Å². The maximum absolute atomic E-state index is 13.0. The van der Waals surface area contributed by atoms with Crippen molar-refractivity contribution in [1.82, 2.24) is 14.4 Å². The van der Waals surface area contributed by atoms with Crippen LogP contribution < -0.4 is 5.36 Å². The highest BCUT2D eigenvalue weighted by Crippen LogP contribution is 2.25. The number of non-ortho nitro benzene ring substituents is 1. The van der Waals surface area contributed by atoms with E-state index >= 15 is 0 Å². The Morgan fingerprint density at radius 1 is 1.05 bits per heavy atom. The number of aromatic hydroxyl groups is 1. The largest absolute Gasteiger partial charge is 0.508 e. The predicted octanol–water partition coefficient (Wildman–Crippen LogP) is 5.71. The molecule has 0 saturated heterocycles. The molecule has 0 fully saturated rings. The number of rotatable bonds is 9. The number of benzene rings is 3. The van der Waals surface area contributed by atoms with Gasteiger partial charge in [0.2, 0.25) is 0 Å². The molecule has 0 aliphatic carbocycles. The molecule has 0 bridgehead atoms. The Hall–Kier alpha value is -4.21. The Bertz CT molecular complexity index is 1580. The zero-order valence-corrected chi connectivity index (χ0v) is 22.8. The second-order valence-electron chi connectivity index (χ2n) is 9.17. The molecule has 9 nitrogen and oxygen atoms in total. The van der Waals surface area contributed by atoms with Crippen LogP contribution in [0.3, 0.4) is 0 Å². The lowest BCUT2D eigenvalue weighted by molar-refractivity contribution is -0.384. The summed E-state index contributed by atoms with van der Waals surface area (Å²) in [5, 5.41) is 23.4. The van der Waals surface area contributed by atoms with E-state index in [0.29, 0.717) is 17.1 Å². The Balaban J connectivity index is 1.67. The molecule has 1 amide bonds. The minimum absolute atomic E-state index is 0.0719. The van der Waals surface area contributed by atoms with Gasteiger partial charge < -0.3 is 14.6 Å². The third kappa shape index (κ3) is 6.45. The Morgan fingerprint density at radius 2 is 1.77 bits per heavy atom. The number of hydrogen-bond donors (Lipinski definition) is 1. The summed E-state index contributed by atoms with van der Waals surface area (Å²) in [4.78, 5) is 32.0. The number of nitrogens with zero attached hydrogens (tertiary/aromatic N) is 5. The number of hydrogen-bond acceptors (Lipinski definition) is 6. The van der Waals surface area contributed by atoms with E-state index in [2.05, 4.69) is 18.7 Å². The molecule has 202 valence electrons. The smallest absolute Gasteiger partial charge is 0.269 e. The molecule has 1 N–H and O–H groups in total. The number of halogens is 1. The second-order valence-corrected chi connectivity index (χ2v) is 9.60. The summed E-state index contributed by atoms with van der Waals surface area (Å²) in [5.41, 5.74) is 2.59. The lowest BCUT2D eigenvalue weighted by Crippen LogP contribution is -2.29. The molecular weight excluding hydrogens is 518 g/mol. The monoisotopic (exact) mass is 547 g/mol. The number of fused-ring (bicyclic) bond motifs is 1. The van der Waals surface area contributed by atoms with Gasteiger partial charge in [0.15, 0.2) is 0 Å². The molecule has 1 heterocycles. The van der Waals surface area contributed by atoms with Crippen molar-refractivity contribution in [1.29, 1.82) is 0 Å².